The molecule has 84 valence electrons. The molecule has 0 saturated heterocycles. The van der Waals surface area contributed by atoms with E-state index in [0.717, 1.165) is 12.0 Å². The molecular weight excluding hydrogens is 170 g/mol. The van der Waals surface area contributed by atoms with Crippen LogP contribution in [0.1, 0.15) is 59.3 Å². The normalized spacial score (nSPS) is 22.9. The van der Waals surface area contributed by atoms with Gasteiger partial charge in [0.15, 0.2) is 0 Å². The van der Waals surface area contributed by atoms with E-state index in [1.165, 1.54) is 38.5 Å². The van der Waals surface area contributed by atoms with Crippen molar-refractivity contribution < 1.29 is 0 Å². The van der Waals surface area contributed by atoms with E-state index in [-0.39, 0.29) is 0 Å². The Morgan fingerprint density at radius 2 is 1.79 bits per heavy atom. The molecule has 0 aromatic carbocycles. The molecule has 1 atom stereocenters. The van der Waals surface area contributed by atoms with Gasteiger partial charge in [0.25, 0.3) is 0 Å². The van der Waals surface area contributed by atoms with Crippen molar-refractivity contribution in [3.8, 4) is 0 Å². The van der Waals surface area contributed by atoms with Crippen LogP contribution in [-0.2, 0) is 0 Å². The summed E-state index contributed by atoms with van der Waals surface area (Å²) >= 11 is 0. The van der Waals surface area contributed by atoms with Crippen LogP contribution in [0.3, 0.4) is 0 Å². The van der Waals surface area contributed by atoms with Gasteiger partial charge >= 0.3 is 0 Å². The maximum absolute atomic E-state index is 3.57. The molecule has 1 saturated carbocycles. The summed E-state index contributed by atoms with van der Waals surface area (Å²) in [5.41, 5.74) is 0.624. The van der Waals surface area contributed by atoms with E-state index in [1.807, 2.05) is 0 Å². The van der Waals surface area contributed by atoms with Crippen molar-refractivity contribution in [1.82, 2.24) is 5.32 Å². The first-order chi connectivity index (χ1) is 6.64. The monoisotopic (exact) mass is 197 g/mol. The number of rotatable bonds is 5. The highest BCUT2D eigenvalue weighted by molar-refractivity contribution is 4.93. The smallest absolute Gasteiger partial charge is 0.0123 e. The third-order valence-corrected chi connectivity index (χ3v) is 4.10. The fraction of sp³-hybridized carbons (Fsp3) is 1.00. The molecule has 0 spiro atoms. The van der Waals surface area contributed by atoms with Gasteiger partial charge in [-0.3, -0.25) is 0 Å². The Kier molecular flexibility index (Phi) is 4.43. The molecule has 1 heteroatoms. The average Bonchev–Trinajstić information content (AvgIpc) is 2.63. The van der Waals surface area contributed by atoms with Gasteiger partial charge in [-0.25, -0.2) is 0 Å². The molecule has 1 N–H and O–H groups in total. The lowest BCUT2D eigenvalue weighted by Crippen LogP contribution is -2.42. The predicted octanol–water partition coefficient (Wildman–Crippen LogP) is 3.59. The van der Waals surface area contributed by atoms with Gasteiger partial charge in [0, 0.05) is 6.04 Å². The highest BCUT2D eigenvalue weighted by Crippen LogP contribution is 2.45. The fourth-order valence-electron chi connectivity index (χ4n) is 3.17. The molecule has 0 amide bonds. The lowest BCUT2D eigenvalue weighted by Gasteiger charge is -2.38. The first-order valence-corrected chi connectivity index (χ1v) is 6.32. The first kappa shape index (κ1) is 12.0. The second kappa shape index (κ2) is 5.16. The van der Waals surface area contributed by atoms with Crippen molar-refractivity contribution in [2.24, 2.45) is 11.3 Å². The molecule has 1 aliphatic carbocycles. The van der Waals surface area contributed by atoms with Gasteiger partial charge in [0.1, 0.15) is 0 Å². The first-order valence-electron chi connectivity index (χ1n) is 6.32. The van der Waals surface area contributed by atoms with Crippen LogP contribution in [0, 0.1) is 11.3 Å². The van der Waals surface area contributed by atoms with Gasteiger partial charge in [0.05, 0.1) is 0 Å². The van der Waals surface area contributed by atoms with Crippen LogP contribution in [-0.4, -0.2) is 13.1 Å². The van der Waals surface area contributed by atoms with E-state index in [4.69, 9.17) is 0 Å². The zero-order chi connectivity index (χ0) is 10.6. The van der Waals surface area contributed by atoms with Crippen LogP contribution in [0.15, 0.2) is 0 Å². The zero-order valence-corrected chi connectivity index (χ0v) is 10.4. The Morgan fingerprint density at radius 1 is 1.21 bits per heavy atom. The third kappa shape index (κ3) is 2.50. The van der Waals surface area contributed by atoms with Crippen LogP contribution < -0.4 is 5.32 Å². The lowest BCUT2D eigenvalue weighted by molar-refractivity contribution is 0.171. The van der Waals surface area contributed by atoms with E-state index < -0.39 is 0 Å². The van der Waals surface area contributed by atoms with Gasteiger partial charge in [0.2, 0.25) is 0 Å². The summed E-state index contributed by atoms with van der Waals surface area (Å²) in [6.45, 7) is 7.04. The van der Waals surface area contributed by atoms with Gasteiger partial charge in [-0.05, 0) is 44.1 Å². The van der Waals surface area contributed by atoms with Crippen LogP contribution in [0.25, 0.3) is 0 Å². The van der Waals surface area contributed by atoms with Gasteiger partial charge in [-0.15, -0.1) is 0 Å². The summed E-state index contributed by atoms with van der Waals surface area (Å²) in [4.78, 5) is 0. The van der Waals surface area contributed by atoms with Crippen LogP contribution in [0.2, 0.25) is 0 Å². The van der Waals surface area contributed by atoms with Crippen LogP contribution in [0.4, 0.5) is 0 Å². The Labute approximate surface area is 89.7 Å². The summed E-state index contributed by atoms with van der Waals surface area (Å²) in [5, 5.41) is 3.57. The maximum atomic E-state index is 3.57. The van der Waals surface area contributed by atoms with Crippen molar-refractivity contribution in [3.63, 3.8) is 0 Å². The maximum Gasteiger partial charge on any atom is 0.0123 e. The van der Waals surface area contributed by atoms with E-state index in [1.54, 1.807) is 0 Å². The average molecular weight is 197 g/mol. The van der Waals surface area contributed by atoms with Crippen LogP contribution >= 0.6 is 0 Å². The van der Waals surface area contributed by atoms with E-state index in [9.17, 15) is 0 Å². The predicted molar refractivity (Wildman–Crippen MR) is 63.5 cm³/mol. The molecular formula is C13H27N. The van der Waals surface area contributed by atoms with Gasteiger partial charge in [-0.1, -0.05) is 33.6 Å². The van der Waals surface area contributed by atoms with Gasteiger partial charge in [-0.2, -0.15) is 0 Å². The largest absolute Gasteiger partial charge is 0.316 e. The second-order valence-corrected chi connectivity index (χ2v) is 5.39. The Morgan fingerprint density at radius 3 is 2.14 bits per heavy atom. The zero-order valence-electron chi connectivity index (χ0n) is 10.4. The molecule has 14 heavy (non-hydrogen) atoms. The van der Waals surface area contributed by atoms with Crippen LogP contribution in [0.5, 0.6) is 0 Å². The Hall–Kier alpha value is -0.0400. The van der Waals surface area contributed by atoms with Crippen molar-refractivity contribution in [3.05, 3.63) is 0 Å². The molecule has 0 heterocycles. The van der Waals surface area contributed by atoms with Gasteiger partial charge < -0.3 is 5.32 Å². The quantitative estimate of drug-likeness (QED) is 0.710. The van der Waals surface area contributed by atoms with E-state index >= 15 is 0 Å². The molecule has 1 nitrogen and oxygen atoms in total. The number of hydrogen-bond donors (Lipinski definition) is 1. The highest BCUT2D eigenvalue weighted by atomic mass is 14.9. The molecule has 1 unspecified atom stereocenters. The summed E-state index contributed by atoms with van der Waals surface area (Å²) in [6, 6.07) is 0.745. The summed E-state index contributed by atoms with van der Waals surface area (Å²) < 4.78 is 0. The van der Waals surface area contributed by atoms with E-state index in [0.29, 0.717) is 5.41 Å². The SMILES string of the molecule is CCC1(C(CC(C)C)NC)CCCC1. The number of nitrogens with one attached hydrogen (secondary N) is 1. The minimum absolute atomic E-state index is 0.624. The summed E-state index contributed by atoms with van der Waals surface area (Å²) in [7, 11) is 2.14. The summed E-state index contributed by atoms with van der Waals surface area (Å²) in [6.07, 6.45) is 8.48. The minimum Gasteiger partial charge on any atom is -0.316 e. The van der Waals surface area contributed by atoms with Crippen molar-refractivity contribution in [1.29, 1.82) is 0 Å². The molecule has 1 fully saturated rings. The fourth-order valence-corrected chi connectivity index (χ4v) is 3.17. The van der Waals surface area contributed by atoms with Crippen molar-refractivity contribution in [2.75, 3.05) is 7.05 Å². The minimum atomic E-state index is 0.624. The third-order valence-electron chi connectivity index (χ3n) is 4.10. The number of hydrogen-bond acceptors (Lipinski definition) is 1. The van der Waals surface area contributed by atoms with Crippen molar-refractivity contribution in [2.45, 2.75) is 65.3 Å². The molecule has 1 aliphatic rings. The lowest BCUT2D eigenvalue weighted by atomic mass is 9.73. The molecule has 0 aromatic heterocycles. The summed E-state index contributed by atoms with van der Waals surface area (Å²) in [5.74, 6) is 0.816. The van der Waals surface area contributed by atoms with Crippen molar-refractivity contribution >= 4 is 0 Å². The van der Waals surface area contributed by atoms with E-state index in [2.05, 4.69) is 33.1 Å². The molecule has 0 bridgehead atoms. The standard InChI is InChI=1S/C13H27N/c1-5-13(8-6-7-9-13)12(14-4)10-11(2)3/h11-12,14H,5-10H2,1-4H3. The Bertz CT molecular complexity index is 157. The second-order valence-electron chi connectivity index (χ2n) is 5.39. The molecule has 0 aromatic rings. The molecule has 0 aliphatic heterocycles. The molecule has 0 radical (unpaired) electrons. The Balaban J connectivity index is 2.63. The highest BCUT2D eigenvalue weighted by Gasteiger charge is 2.38. The topological polar surface area (TPSA) is 12.0 Å². The molecule has 1 rings (SSSR count).